The molecule has 0 spiro atoms. The van der Waals surface area contributed by atoms with Gasteiger partial charge in [-0.15, -0.1) is 0 Å². The number of hydrogen-bond donors (Lipinski definition) is 4. The summed E-state index contributed by atoms with van der Waals surface area (Å²) < 4.78 is 5.23. The van der Waals surface area contributed by atoms with Crippen molar-refractivity contribution in [2.45, 2.75) is 44.1 Å². The lowest BCUT2D eigenvalue weighted by molar-refractivity contribution is -0.819. The van der Waals surface area contributed by atoms with E-state index in [1.54, 1.807) is 6.92 Å². The fourth-order valence-corrected chi connectivity index (χ4v) is 2.40. The quantitative estimate of drug-likeness (QED) is 0.236. The highest BCUT2D eigenvalue weighted by atomic mass is 35.5. The Bertz CT molecular complexity index is 329. The molecule has 8 heteroatoms. The Hall–Kier alpha value is -0.890. The molecule has 7 nitrogen and oxygen atoms in total. The zero-order valence-electron chi connectivity index (χ0n) is 11.2. The highest BCUT2D eigenvalue weighted by Crippen LogP contribution is 2.11. The summed E-state index contributed by atoms with van der Waals surface area (Å²) in [6, 6.07) is -0.922. The molecule has 0 aromatic heterocycles. The molecule has 0 saturated carbocycles. The predicted octanol–water partition coefficient (Wildman–Crippen LogP) is 0.483. The molecule has 0 aliphatic carbocycles. The third-order valence-corrected chi connectivity index (χ3v) is 3.21. The molecule has 1 aliphatic heterocycles. The predicted molar refractivity (Wildman–Crippen MR) is 71.8 cm³/mol. The van der Waals surface area contributed by atoms with Crippen molar-refractivity contribution in [1.82, 2.24) is 16.0 Å². The van der Waals surface area contributed by atoms with Gasteiger partial charge >= 0.3 is 0 Å². The van der Waals surface area contributed by atoms with Gasteiger partial charge in [0.05, 0.1) is 23.3 Å². The molecule has 0 aromatic carbocycles. The van der Waals surface area contributed by atoms with Crippen molar-refractivity contribution >= 4 is 11.6 Å². The van der Waals surface area contributed by atoms with E-state index in [1.807, 2.05) is 6.92 Å². The molecule has 1 rings (SSSR count). The summed E-state index contributed by atoms with van der Waals surface area (Å²) in [5.74, 6) is 0.680. The van der Waals surface area contributed by atoms with Gasteiger partial charge in [-0.2, -0.15) is 0 Å². The maximum Gasteiger partial charge on any atom is 0.299 e. The van der Waals surface area contributed by atoms with Gasteiger partial charge in [-0.3, -0.25) is 16.0 Å². The first-order valence-corrected chi connectivity index (χ1v) is 6.74. The Labute approximate surface area is 117 Å². The van der Waals surface area contributed by atoms with Gasteiger partial charge in [-0.1, -0.05) is 18.2 Å². The zero-order valence-corrected chi connectivity index (χ0v) is 12.0. The minimum Gasteiger partial charge on any atom is -0.499 e. The molecule has 4 atom stereocenters. The minimum absolute atomic E-state index is 0.0531. The van der Waals surface area contributed by atoms with Crippen molar-refractivity contribution in [3.05, 3.63) is 17.2 Å². The fourth-order valence-electron chi connectivity index (χ4n) is 2.06. The van der Waals surface area contributed by atoms with Gasteiger partial charge in [0.1, 0.15) is 11.8 Å². The van der Waals surface area contributed by atoms with E-state index < -0.39 is 17.8 Å². The SMILES string of the molecule is C=C(CCNC1NC(Cl)NC(C)C1[N+](=O)O)OCC. The van der Waals surface area contributed by atoms with E-state index in [-0.39, 0.29) is 11.0 Å². The highest BCUT2D eigenvalue weighted by molar-refractivity contribution is 6.20. The molecule has 110 valence electrons. The van der Waals surface area contributed by atoms with Crippen LogP contribution in [0.2, 0.25) is 0 Å². The molecule has 0 amide bonds. The number of ether oxygens (including phenoxy) is 1. The fraction of sp³-hybridized carbons (Fsp3) is 0.818. The maximum absolute atomic E-state index is 11.2. The highest BCUT2D eigenvalue weighted by Gasteiger charge is 2.45. The summed E-state index contributed by atoms with van der Waals surface area (Å²) in [6.45, 7) is 8.60. The average molecular weight is 294 g/mol. The van der Waals surface area contributed by atoms with Crippen LogP contribution in [0.25, 0.3) is 0 Å². The lowest BCUT2D eigenvalue weighted by Crippen LogP contribution is -2.70. The van der Waals surface area contributed by atoms with Crippen LogP contribution in [-0.2, 0) is 4.74 Å². The minimum atomic E-state index is -0.671. The van der Waals surface area contributed by atoms with Gasteiger partial charge in [0.15, 0.2) is 0 Å². The van der Waals surface area contributed by atoms with Gasteiger partial charge in [-0.25, -0.2) is 5.21 Å². The monoisotopic (exact) mass is 293 g/mol. The summed E-state index contributed by atoms with van der Waals surface area (Å²) in [6.07, 6.45) is 0.202. The van der Waals surface area contributed by atoms with Crippen LogP contribution in [0.4, 0.5) is 0 Å². The number of alkyl halides is 1. The van der Waals surface area contributed by atoms with Crippen LogP contribution in [0.15, 0.2) is 12.3 Å². The number of hydrogen-bond acceptors (Lipinski definition) is 5. The van der Waals surface area contributed by atoms with E-state index in [1.165, 1.54) is 0 Å². The second kappa shape index (κ2) is 7.64. The number of halogens is 1. The summed E-state index contributed by atoms with van der Waals surface area (Å²) in [5.41, 5.74) is -0.459. The number of nitrogens with zero attached hydrogens (tertiary/aromatic N) is 1. The van der Waals surface area contributed by atoms with Crippen molar-refractivity contribution in [1.29, 1.82) is 0 Å². The molecule has 1 saturated heterocycles. The lowest BCUT2D eigenvalue weighted by atomic mass is 10.1. The van der Waals surface area contributed by atoms with Crippen LogP contribution in [0.5, 0.6) is 0 Å². The van der Waals surface area contributed by atoms with Crippen LogP contribution in [0.3, 0.4) is 0 Å². The van der Waals surface area contributed by atoms with Crippen LogP contribution in [0, 0.1) is 4.91 Å². The van der Waals surface area contributed by atoms with Crippen LogP contribution in [0.1, 0.15) is 20.3 Å². The molecular formula is C11H22ClN4O3+. The molecule has 1 heterocycles. The third-order valence-electron chi connectivity index (χ3n) is 2.96. The Morgan fingerprint density at radius 2 is 2.26 bits per heavy atom. The molecule has 1 aliphatic rings. The Morgan fingerprint density at radius 3 is 2.84 bits per heavy atom. The topological polar surface area (TPSA) is 85.6 Å². The van der Waals surface area contributed by atoms with Crippen LogP contribution in [-0.4, -0.2) is 47.2 Å². The summed E-state index contributed by atoms with van der Waals surface area (Å²) >= 11 is 5.96. The van der Waals surface area contributed by atoms with E-state index in [9.17, 15) is 4.91 Å². The molecule has 0 bridgehead atoms. The van der Waals surface area contributed by atoms with Gasteiger partial charge in [0, 0.05) is 13.0 Å². The van der Waals surface area contributed by atoms with E-state index in [2.05, 4.69) is 22.5 Å². The first-order chi connectivity index (χ1) is 8.95. The van der Waals surface area contributed by atoms with E-state index in [0.29, 0.717) is 25.3 Å². The molecule has 4 N–H and O–H groups in total. The maximum atomic E-state index is 11.2. The van der Waals surface area contributed by atoms with E-state index >= 15 is 0 Å². The number of nitrogens with one attached hydrogen (secondary N) is 3. The van der Waals surface area contributed by atoms with Gasteiger partial charge in [0.2, 0.25) is 4.92 Å². The van der Waals surface area contributed by atoms with Crippen molar-refractivity contribution in [2.24, 2.45) is 0 Å². The summed E-state index contributed by atoms with van der Waals surface area (Å²) in [4.78, 5) is 11.1. The first-order valence-electron chi connectivity index (χ1n) is 6.31. The molecule has 0 radical (unpaired) electrons. The Balaban J connectivity index is 2.48. The van der Waals surface area contributed by atoms with Crippen LogP contribution < -0.4 is 16.0 Å². The molecule has 19 heavy (non-hydrogen) atoms. The molecule has 0 aromatic rings. The van der Waals surface area contributed by atoms with Crippen molar-refractivity contribution in [3.8, 4) is 0 Å². The van der Waals surface area contributed by atoms with Gasteiger partial charge in [-0.05, 0) is 13.8 Å². The number of rotatable bonds is 7. The Kier molecular flexibility index (Phi) is 6.50. The lowest BCUT2D eigenvalue weighted by Gasteiger charge is -2.34. The summed E-state index contributed by atoms with van der Waals surface area (Å²) in [5, 5.41) is 18.2. The van der Waals surface area contributed by atoms with E-state index in [0.717, 1.165) is 0 Å². The largest absolute Gasteiger partial charge is 0.499 e. The second-order valence-corrected chi connectivity index (χ2v) is 4.87. The Morgan fingerprint density at radius 1 is 1.58 bits per heavy atom. The first kappa shape index (κ1) is 16.2. The normalized spacial score (nSPS) is 30.9. The average Bonchev–Trinajstić information content (AvgIpc) is 2.27. The second-order valence-electron chi connectivity index (χ2n) is 4.43. The third kappa shape index (κ3) is 4.94. The molecule has 1 fully saturated rings. The van der Waals surface area contributed by atoms with Gasteiger partial charge in [0.25, 0.3) is 6.04 Å². The smallest absolute Gasteiger partial charge is 0.299 e. The summed E-state index contributed by atoms with van der Waals surface area (Å²) in [7, 11) is 0. The molecule has 4 unspecified atom stereocenters. The molecular weight excluding hydrogens is 272 g/mol. The zero-order chi connectivity index (χ0) is 14.4. The van der Waals surface area contributed by atoms with E-state index in [4.69, 9.17) is 21.5 Å². The van der Waals surface area contributed by atoms with Crippen molar-refractivity contribution in [3.63, 3.8) is 0 Å². The standard InChI is InChI=1S/C11H22ClN4O3/c1-4-19-7(2)5-6-13-10-9(16(17)18)8(3)14-11(12)15-10/h8-11,13-15H,2,4-6H2,1,3H3,(H,17,18)/q+1. The van der Waals surface area contributed by atoms with Crippen molar-refractivity contribution in [2.75, 3.05) is 13.2 Å². The van der Waals surface area contributed by atoms with Gasteiger partial charge < -0.3 is 4.74 Å². The van der Waals surface area contributed by atoms with Crippen LogP contribution >= 0.6 is 11.6 Å². The van der Waals surface area contributed by atoms with Crippen molar-refractivity contribution < 1.29 is 14.9 Å².